The van der Waals surface area contributed by atoms with Crippen LogP contribution in [0.4, 0.5) is 0 Å². The van der Waals surface area contributed by atoms with Crippen LogP contribution in [0.5, 0.6) is 0 Å². The monoisotopic (exact) mass is 652 g/mol. The maximum absolute atomic E-state index is 3.86. The van der Waals surface area contributed by atoms with Gasteiger partial charge in [-0.25, -0.2) is 0 Å². The van der Waals surface area contributed by atoms with E-state index in [1.54, 1.807) is 0 Å². The lowest BCUT2D eigenvalue weighted by atomic mass is 9.70. The molecule has 0 aromatic heterocycles. The summed E-state index contributed by atoms with van der Waals surface area (Å²) in [5.74, 6) is 0. The van der Waals surface area contributed by atoms with Gasteiger partial charge in [-0.05, 0) is 77.4 Å². The van der Waals surface area contributed by atoms with E-state index >= 15 is 0 Å². The molecule has 45 heavy (non-hydrogen) atoms. The Morgan fingerprint density at radius 3 is 1.24 bits per heavy atom. The van der Waals surface area contributed by atoms with Gasteiger partial charge in [-0.1, -0.05) is 180 Å². The second-order valence-corrected chi connectivity index (χ2v) is 16.9. The summed E-state index contributed by atoms with van der Waals surface area (Å²) >= 11 is 3.86. The predicted molar refractivity (Wildman–Crippen MR) is 194 cm³/mol. The van der Waals surface area contributed by atoms with Gasteiger partial charge in [0.2, 0.25) is 0 Å². The summed E-state index contributed by atoms with van der Waals surface area (Å²) in [5.41, 5.74) is 10.4. The third-order valence-electron chi connectivity index (χ3n) is 10.1. The van der Waals surface area contributed by atoms with E-state index in [2.05, 4.69) is 192 Å². The van der Waals surface area contributed by atoms with Crippen molar-refractivity contribution in [3.05, 3.63) is 203 Å². The van der Waals surface area contributed by atoms with Crippen LogP contribution in [0.2, 0.25) is 0 Å². The fraction of sp³-hybridized carbons (Fsp3) is 0.0233. The fourth-order valence-electron chi connectivity index (χ4n) is 8.41. The Hall–Kier alpha value is -4.76. The maximum Gasteiger partial charge on any atom is 0.179 e. The van der Waals surface area contributed by atoms with Gasteiger partial charge in [0.15, 0.2) is 8.07 Å². The molecule has 0 fully saturated rings. The first-order valence-electron chi connectivity index (χ1n) is 15.6. The SMILES string of the molecule is Brc1ccc2c(c1)C1(c3ccccc3-c3ccccc31)c1cc([Si](c3ccccc3)(c3ccccc3)c3ccccc3)ccc1-2. The number of rotatable bonds is 4. The van der Waals surface area contributed by atoms with Crippen LogP contribution in [-0.2, 0) is 5.41 Å². The highest BCUT2D eigenvalue weighted by molar-refractivity contribution is 9.10. The van der Waals surface area contributed by atoms with Crippen LogP contribution in [-0.4, -0.2) is 8.07 Å². The molecule has 2 aliphatic carbocycles. The van der Waals surface area contributed by atoms with Gasteiger partial charge >= 0.3 is 0 Å². The van der Waals surface area contributed by atoms with Crippen LogP contribution in [0.1, 0.15) is 22.3 Å². The number of fused-ring (bicyclic) bond motifs is 10. The minimum atomic E-state index is -2.72. The van der Waals surface area contributed by atoms with E-state index in [9.17, 15) is 0 Å². The van der Waals surface area contributed by atoms with Crippen LogP contribution in [0.15, 0.2) is 180 Å². The fourth-order valence-corrected chi connectivity index (χ4v) is 13.5. The summed E-state index contributed by atoms with van der Waals surface area (Å²) in [5, 5.41) is 5.57. The lowest BCUT2D eigenvalue weighted by Crippen LogP contribution is -2.74. The van der Waals surface area contributed by atoms with E-state index in [0.717, 1.165) is 4.47 Å². The Morgan fingerprint density at radius 2 is 0.733 bits per heavy atom. The van der Waals surface area contributed by atoms with Crippen molar-refractivity contribution < 1.29 is 0 Å². The van der Waals surface area contributed by atoms with Crippen molar-refractivity contribution in [3.8, 4) is 22.3 Å². The van der Waals surface area contributed by atoms with Gasteiger partial charge in [-0.15, -0.1) is 0 Å². The van der Waals surface area contributed by atoms with Gasteiger partial charge in [-0.3, -0.25) is 0 Å². The molecule has 9 rings (SSSR count). The van der Waals surface area contributed by atoms with Gasteiger partial charge in [0.05, 0.1) is 5.41 Å². The molecule has 0 saturated carbocycles. The standard InChI is InChI=1S/C43H29BrSi/c44-30-24-26-37-38-27-25-34(45(31-14-4-1-5-15-31,32-16-6-2-7-17-32)33-18-8-3-9-19-33)29-42(38)43(41(37)28-30)39-22-12-10-20-35(39)36-21-11-13-23-40(36)43/h1-29H. The smallest absolute Gasteiger partial charge is 0.0623 e. The van der Waals surface area contributed by atoms with Gasteiger partial charge in [0.1, 0.15) is 0 Å². The average molecular weight is 654 g/mol. The van der Waals surface area contributed by atoms with Crippen molar-refractivity contribution in [2.75, 3.05) is 0 Å². The molecule has 0 atom stereocenters. The second-order valence-electron chi connectivity index (χ2n) is 12.1. The van der Waals surface area contributed by atoms with E-state index in [0.29, 0.717) is 0 Å². The third-order valence-corrected chi connectivity index (χ3v) is 15.4. The number of benzene rings is 7. The van der Waals surface area contributed by atoms with Crippen molar-refractivity contribution in [1.82, 2.24) is 0 Å². The molecule has 0 unspecified atom stereocenters. The highest BCUT2D eigenvalue weighted by Crippen LogP contribution is 2.62. The largest absolute Gasteiger partial charge is 0.179 e. The number of halogens is 1. The first kappa shape index (κ1) is 26.6. The molecule has 212 valence electrons. The molecule has 2 heteroatoms. The predicted octanol–water partition coefficient (Wildman–Crippen LogP) is 8.17. The zero-order valence-corrected chi connectivity index (χ0v) is 27.2. The summed E-state index contributed by atoms with van der Waals surface area (Å²) < 4.78 is 1.11. The molecular formula is C43H29BrSi. The summed E-state index contributed by atoms with van der Waals surface area (Å²) in [6.45, 7) is 0. The molecule has 0 nitrogen and oxygen atoms in total. The highest BCUT2D eigenvalue weighted by atomic mass is 79.9. The van der Waals surface area contributed by atoms with Gasteiger partial charge in [0, 0.05) is 4.47 Å². The summed E-state index contributed by atoms with van der Waals surface area (Å²) in [7, 11) is -2.72. The zero-order chi connectivity index (χ0) is 30.0. The molecular weight excluding hydrogens is 624 g/mol. The van der Waals surface area contributed by atoms with Gasteiger partial charge in [0.25, 0.3) is 0 Å². The minimum absolute atomic E-state index is 0.401. The molecule has 2 aliphatic rings. The van der Waals surface area contributed by atoms with E-state index in [-0.39, 0.29) is 0 Å². The van der Waals surface area contributed by atoms with Crippen molar-refractivity contribution in [2.45, 2.75) is 5.41 Å². The molecule has 1 spiro atoms. The van der Waals surface area contributed by atoms with Crippen LogP contribution in [0, 0.1) is 0 Å². The Labute approximate surface area is 273 Å². The molecule has 0 saturated heterocycles. The Balaban J connectivity index is 1.44. The lowest BCUT2D eigenvalue weighted by molar-refractivity contribution is 0.794. The Kier molecular flexibility index (Phi) is 6.00. The van der Waals surface area contributed by atoms with Crippen molar-refractivity contribution >= 4 is 44.8 Å². The minimum Gasteiger partial charge on any atom is -0.0623 e. The third kappa shape index (κ3) is 3.58. The molecule has 0 radical (unpaired) electrons. The lowest BCUT2D eigenvalue weighted by Gasteiger charge is -2.36. The summed E-state index contributed by atoms with van der Waals surface area (Å²) in [4.78, 5) is 0. The molecule has 0 aliphatic heterocycles. The van der Waals surface area contributed by atoms with Crippen LogP contribution in [0.25, 0.3) is 22.3 Å². The van der Waals surface area contributed by atoms with E-state index in [4.69, 9.17) is 0 Å². The maximum atomic E-state index is 3.86. The molecule has 0 N–H and O–H groups in total. The molecule has 7 aromatic rings. The quantitative estimate of drug-likeness (QED) is 0.133. The van der Waals surface area contributed by atoms with Crippen molar-refractivity contribution in [1.29, 1.82) is 0 Å². The molecule has 0 amide bonds. The van der Waals surface area contributed by atoms with Gasteiger partial charge in [-0.2, -0.15) is 0 Å². The number of hydrogen-bond acceptors (Lipinski definition) is 0. The molecule has 0 heterocycles. The topological polar surface area (TPSA) is 0 Å². The summed E-state index contributed by atoms with van der Waals surface area (Å²) in [6.07, 6.45) is 0. The average Bonchev–Trinajstić information content (AvgIpc) is 3.57. The first-order valence-corrected chi connectivity index (χ1v) is 18.3. The normalized spacial score (nSPS) is 13.6. The molecule has 0 bridgehead atoms. The van der Waals surface area contributed by atoms with Crippen LogP contribution >= 0.6 is 15.9 Å². The number of hydrogen-bond donors (Lipinski definition) is 0. The van der Waals surface area contributed by atoms with Crippen LogP contribution < -0.4 is 20.7 Å². The molecule has 7 aromatic carbocycles. The van der Waals surface area contributed by atoms with Crippen molar-refractivity contribution in [3.63, 3.8) is 0 Å². The van der Waals surface area contributed by atoms with E-state index < -0.39 is 13.5 Å². The Morgan fingerprint density at radius 1 is 0.333 bits per heavy atom. The van der Waals surface area contributed by atoms with Gasteiger partial charge < -0.3 is 0 Å². The summed E-state index contributed by atoms with van der Waals surface area (Å²) in [6, 6.07) is 66.2. The Bertz CT molecular complexity index is 2080. The van der Waals surface area contributed by atoms with Crippen molar-refractivity contribution in [2.24, 2.45) is 0 Å². The highest BCUT2D eigenvalue weighted by Gasteiger charge is 2.52. The zero-order valence-electron chi connectivity index (χ0n) is 24.6. The first-order chi connectivity index (χ1) is 22.2. The van der Waals surface area contributed by atoms with Crippen LogP contribution in [0.3, 0.4) is 0 Å². The van der Waals surface area contributed by atoms with E-state index in [1.165, 1.54) is 65.3 Å². The van der Waals surface area contributed by atoms with E-state index in [1.807, 2.05) is 0 Å². The second kappa shape index (κ2) is 10.1.